The number of carbonyl (C=O) groups excluding carboxylic acids is 1. The van der Waals surface area contributed by atoms with Crippen LogP contribution in [0.2, 0.25) is 0 Å². The predicted octanol–water partition coefficient (Wildman–Crippen LogP) is 2.78. The van der Waals surface area contributed by atoms with Crippen molar-refractivity contribution in [1.29, 1.82) is 0 Å². The van der Waals surface area contributed by atoms with Crippen molar-refractivity contribution in [2.24, 2.45) is 0 Å². The first-order valence-corrected chi connectivity index (χ1v) is 6.73. The molecule has 1 saturated carbocycles. The van der Waals surface area contributed by atoms with E-state index in [1.54, 1.807) is 12.1 Å². The summed E-state index contributed by atoms with van der Waals surface area (Å²) in [4.78, 5) is 12.6. The van der Waals surface area contributed by atoms with Gasteiger partial charge in [-0.1, -0.05) is 25.7 Å². The maximum atomic E-state index is 11.9. The lowest BCUT2D eigenvalue weighted by Gasteiger charge is -2.15. The van der Waals surface area contributed by atoms with Crippen LogP contribution < -0.4 is 11.1 Å². The van der Waals surface area contributed by atoms with Gasteiger partial charge in [-0.25, -0.2) is 0 Å². The highest BCUT2D eigenvalue weighted by molar-refractivity contribution is 7.17. The van der Waals surface area contributed by atoms with E-state index in [1.807, 2.05) is 0 Å². The summed E-state index contributed by atoms with van der Waals surface area (Å²) >= 11 is 1.36. The Morgan fingerprint density at radius 3 is 2.50 bits per heavy atom. The van der Waals surface area contributed by atoms with E-state index < -0.39 is 0 Å². The van der Waals surface area contributed by atoms with E-state index in [9.17, 15) is 4.79 Å². The van der Waals surface area contributed by atoms with Crippen molar-refractivity contribution in [1.82, 2.24) is 5.32 Å². The van der Waals surface area contributed by atoms with Crippen LogP contribution in [-0.2, 0) is 0 Å². The lowest BCUT2D eigenvalue weighted by molar-refractivity contribution is 0.0937. The van der Waals surface area contributed by atoms with Crippen molar-refractivity contribution < 1.29 is 4.79 Å². The second-order valence-corrected chi connectivity index (χ2v) is 5.48. The summed E-state index contributed by atoms with van der Waals surface area (Å²) < 4.78 is 0. The molecule has 4 heteroatoms. The highest BCUT2D eigenvalue weighted by Crippen LogP contribution is 2.20. The van der Waals surface area contributed by atoms with Gasteiger partial charge in [-0.15, -0.1) is 11.3 Å². The van der Waals surface area contributed by atoms with E-state index in [1.165, 1.54) is 37.0 Å². The Bertz CT molecular complexity index is 354. The van der Waals surface area contributed by atoms with Gasteiger partial charge < -0.3 is 11.1 Å². The fourth-order valence-corrected chi connectivity index (χ4v) is 2.83. The second-order valence-electron chi connectivity index (χ2n) is 4.36. The summed E-state index contributed by atoms with van der Waals surface area (Å²) in [7, 11) is 0. The van der Waals surface area contributed by atoms with Gasteiger partial charge in [0.15, 0.2) is 0 Å². The lowest BCUT2D eigenvalue weighted by Crippen LogP contribution is -2.33. The summed E-state index contributed by atoms with van der Waals surface area (Å²) in [6.45, 7) is 0. The van der Waals surface area contributed by atoms with Gasteiger partial charge in [0.1, 0.15) is 0 Å². The average molecular weight is 238 g/mol. The quantitative estimate of drug-likeness (QED) is 0.778. The molecule has 88 valence electrons. The minimum atomic E-state index is 0.0357. The van der Waals surface area contributed by atoms with E-state index >= 15 is 0 Å². The molecule has 0 bridgehead atoms. The Morgan fingerprint density at radius 2 is 1.94 bits per heavy atom. The second kappa shape index (κ2) is 5.34. The standard InChI is InChI=1S/C12H18N2OS/c13-11-8-7-10(16-11)12(15)14-9-5-3-1-2-4-6-9/h7-9H,1-6,13H2,(H,14,15). The number of hydrogen-bond acceptors (Lipinski definition) is 3. The molecule has 0 aliphatic heterocycles. The molecular weight excluding hydrogens is 220 g/mol. The fraction of sp³-hybridized carbons (Fsp3) is 0.583. The summed E-state index contributed by atoms with van der Waals surface area (Å²) in [6, 6.07) is 3.94. The van der Waals surface area contributed by atoms with Crippen molar-refractivity contribution in [3.8, 4) is 0 Å². The van der Waals surface area contributed by atoms with Gasteiger partial charge in [0.25, 0.3) is 5.91 Å². The zero-order valence-corrected chi connectivity index (χ0v) is 10.2. The van der Waals surface area contributed by atoms with Gasteiger partial charge in [-0.2, -0.15) is 0 Å². The first-order valence-electron chi connectivity index (χ1n) is 5.92. The van der Waals surface area contributed by atoms with Crippen LogP contribution in [0.4, 0.5) is 5.00 Å². The number of nitrogen functional groups attached to an aromatic ring is 1. The fourth-order valence-electron chi connectivity index (χ4n) is 2.16. The van der Waals surface area contributed by atoms with Crippen molar-refractivity contribution >= 4 is 22.2 Å². The largest absolute Gasteiger partial charge is 0.391 e. The van der Waals surface area contributed by atoms with E-state index in [0.29, 0.717) is 11.0 Å². The monoisotopic (exact) mass is 238 g/mol. The van der Waals surface area contributed by atoms with Gasteiger partial charge in [-0.05, 0) is 25.0 Å². The minimum Gasteiger partial charge on any atom is -0.391 e. The molecule has 0 saturated heterocycles. The summed E-state index contributed by atoms with van der Waals surface area (Å²) in [5.74, 6) is 0.0357. The summed E-state index contributed by atoms with van der Waals surface area (Å²) in [5, 5.41) is 3.80. The normalized spacial score (nSPS) is 18.0. The van der Waals surface area contributed by atoms with E-state index in [0.717, 1.165) is 17.7 Å². The van der Waals surface area contributed by atoms with Crippen molar-refractivity contribution in [2.75, 3.05) is 5.73 Å². The van der Waals surface area contributed by atoms with Gasteiger partial charge >= 0.3 is 0 Å². The van der Waals surface area contributed by atoms with E-state index in [4.69, 9.17) is 5.73 Å². The lowest BCUT2D eigenvalue weighted by atomic mass is 10.1. The first-order chi connectivity index (χ1) is 7.75. The number of anilines is 1. The van der Waals surface area contributed by atoms with Crippen LogP contribution in [0.25, 0.3) is 0 Å². The molecule has 16 heavy (non-hydrogen) atoms. The molecule has 3 nitrogen and oxygen atoms in total. The van der Waals surface area contributed by atoms with Crippen molar-refractivity contribution in [3.05, 3.63) is 17.0 Å². The molecular formula is C12H18N2OS. The SMILES string of the molecule is Nc1ccc(C(=O)NC2CCCCCC2)s1. The number of hydrogen-bond donors (Lipinski definition) is 2. The third-order valence-corrected chi connectivity index (χ3v) is 3.95. The number of carbonyl (C=O) groups is 1. The molecule has 1 aliphatic rings. The van der Waals surface area contributed by atoms with Crippen LogP contribution in [0.3, 0.4) is 0 Å². The van der Waals surface area contributed by atoms with Crippen LogP contribution in [0.5, 0.6) is 0 Å². The van der Waals surface area contributed by atoms with E-state index in [-0.39, 0.29) is 5.91 Å². The molecule has 1 fully saturated rings. The van der Waals surface area contributed by atoms with Gasteiger partial charge in [0.2, 0.25) is 0 Å². The molecule has 0 spiro atoms. The third-order valence-electron chi connectivity index (χ3n) is 3.04. The van der Waals surface area contributed by atoms with Crippen molar-refractivity contribution in [2.45, 2.75) is 44.6 Å². The smallest absolute Gasteiger partial charge is 0.261 e. The van der Waals surface area contributed by atoms with Crippen molar-refractivity contribution in [3.63, 3.8) is 0 Å². The molecule has 0 unspecified atom stereocenters. The maximum Gasteiger partial charge on any atom is 0.261 e. The molecule has 1 aromatic heterocycles. The third kappa shape index (κ3) is 2.98. The highest BCUT2D eigenvalue weighted by Gasteiger charge is 2.16. The van der Waals surface area contributed by atoms with Gasteiger partial charge in [0, 0.05) is 6.04 Å². The Morgan fingerprint density at radius 1 is 1.25 bits per heavy atom. The number of thiophene rings is 1. The molecule has 1 aromatic rings. The zero-order chi connectivity index (χ0) is 11.4. The average Bonchev–Trinajstić information content (AvgIpc) is 2.54. The van der Waals surface area contributed by atoms with Crippen LogP contribution in [0, 0.1) is 0 Å². The molecule has 0 aromatic carbocycles. The topological polar surface area (TPSA) is 55.1 Å². The van der Waals surface area contributed by atoms with Crippen LogP contribution in [0.15, 0.2) is 12.1 Å². The molecule has 1 heterocycles. The molecule has 1 aliphatic carbocycles. The predicted molar refractivity (Wildman–Crippen MR) is 67.7 cm³/mol. The Labute approximate surface area is 100 Å². The molecule has 0 atom stereocenters. The first kappa shape index (κ1) is 11.5. The number of amides is 1. The summed E-state index contributed by atoms with van der Waals surface area (Å²) in [5.41, 5.74) is 5.61. The minimum absolute atomic E-state index is 0.0357. The van der Waals surface area contributed by atoms with Crippen LogP contribution in [0.1, 0.15) is 48.2 Å². The molecule has 3 N–H and O–H groups in total. The zero-order valence-electron chi connectivity index (χ0n) is 9.37. The van der Waals surface area contributed by atoms with Crippen LogP contribution >= 0.6 is 11.3 Å². The molecule has 2 rings (SSSR count). The van der Waals surface area contributed by atoms with E-state index in [2.05, 4.69) is 5.32 Å². The van der Waals surface area contributed by atoms with Gasteiger partial charge in [-0.3, -0.25) is 4.79 Å². The van der Waals surface area contributed by atoms with Gasteiger partial charge in [0.05, 0.1) is 9.88 Å². The Balaban J connectivity index is 1.90. The number of nitrogens with two attached hydrogens (primary N) is 1. The number of nitrogens with one attached hydrogen (secondary N) is 1. The summed E-state index contributed by atoms with van der Waals surface area (Å²) in [6.07, 6.45) is 7.31. The maximum absolute atomic E-state index is 11.9. The highest BCUT2D eigenvalue weighted by atomic mass is 32.1. The Kier molecular flexibility index (Phi) is 3.83. The Hall–Kier alpha value is -1.03. The number of rotatable bonds is 2. The van der Waals surface area contributed by atoms with Crippen LogP contribution in [-0.4, -0.2) is 11.9 Å². The molecule has 1 amide bonds. The molecule has 0 radical (unpaired) electrons.